The van der Waals surface area contributed by atoms with Gasteiger partial charge in [0.05, 0.1) is 12.2 Å². The molecule has 0 aliphatic carbocycles. The monoisotopic (exact) mass is 130 g/mol. The quantitative estimate of drug-likeness (QED) is 0.525. The van der Waals surface area contributed by atoms with Crippen molar-refractivity contribution in [1.82, 2.24) is 0 Å². The Morgan fingerprint density at radius 1 is 1.67 bits per heavy atom. The number of ether oxygens (including phenoxy) is 1. The fraction of sp³-hybridized carbons (Fsp3) is 1.00. The second-order valence-corrected chi connectivity index (χ2v) is 3.32. The summed E-state index contributed by atoms with van der Waals surface area (Å²) in [6.45, 7) is 5.21. The minimum atomic E-state index is -0.572. The Hall–Kier alpha value is -0.0800. The molecule has 0 amide bonds. The summed E-state index contributed by atoms with van der Waals surface area (Å²) >= 11 is 0. The van der Waals surface area contributed by atoms with Crippen molar-refractivity contribution in [1.29, 1.82) is 0 Å². The molecule has 1 aliphatic heterocycles. The van der Waals surface area contributed by atoms with Crippen LogP contribution < -0.4 is 0 Å². The first-order chi connectivity index (χ1) is 4.10. The maximum Gasteiger partial charge on any atom is 0.0855 e. The third-order valence-corrected chi connectivity index (χ3v) is 1.60. The van der Waals surface area contributed by atoms with E-state index in [1.54, 1.807) is 0 Å². The molecular formula is C7H14O2. The number of rotatable bonds is 0. The summed E-state index contributed by atoms with van der Waals surface area (Å²) in [6.07, 6.45) is 0.868. The molecule has 1 unspecified atom stereocenters. The SMILES string of the molecule is C[C@@H]1COCC(C)(O)C1. The van der Waals surface area contributed by atoms with Crippen LogP contribution in [-0.4, -0.2) is 23.9 Å². The molecule has 1 N–H and O–H groups in total. The molecule has 1 rings (SSSR count). The van der Waals surface area contributed by atoms with Crippen molar-refractivity contribution in [3.63, 3.8) is 0 Å². The van der Waals surface area contributed by atoms with Crippen LogP contribution in [0.4, 0.5) is 0 Å². The largest absolute Gasteiger partial charge is 0.388 e. The molecule has 2 atom stereocenters. The van der Waals surface area contributed by atoms with Crippen molar-refractivity contribution in [3.05, 3.63) is 0 Å². The van der Waals surface area contributed by atoms with Gasteiger partial charge in [0, 0.05) is 6.61 Å². The van der Waals surface area contributed by atoms with Crippen molar-refractivity contribution in [2.75, 3.05) is 13.2 Å². The van der Waals surface area contributed by atoms with Crippen LogP contribution in [0.25, 0.3) is 0 Å². The second-order valence-electron chi connectivity index (χ2n) is 3.32. The molecule has 0 radical (unpaired) electrons. The first kappa shape index (κ1) is 7.03. The smallest absolute Gasteiger partial charge is 0.0855 e. The zero-order valence-electron chi connectivity index (χ0n) is 6.05. The zero-order valence-corrected chi connectivity index (χ0v) is 6.05. The maximum absolute atomic E-state index is 9.42. The van der Waals surface area contributed by atoms with Gasteiger partial charge in [-0.25, -0.2) is 0 Å². The van der Waals surface area contributed by atoms with E-state index < -0.39 is 5.60 Å². The highest BCUT2D eigenvalue weighted by atomic mass is 16.5. The van der Waals surface area contributed by atoms with Gasteiger partial charge in [0.25, 0.3) is 0 Å². The van der Waals surface area contributed by atoms with Gasteiger partial charge in [-0.3, -0.25) is 0 Å². The molecule has 0 spiro atoms. The average molecular weight is 130 g/mol. The Balaban J connectivity index is 2.41. The first-order valence-electron chi connectivity index (χ1n) is 3.40. The van der Waals surface area contributed by atoms with Crippen LogP contribution in [-0.2, 0) is 4.74 Å². The van der Waals surface area contributed by atoms with Gasteiger partial charge >= 0.3 is 0 Å². The normalized spacial score (nSPS) is 45.0. The fourth-order valence-electron chi connectivity index (χ4n) is 1.35. The predicted octanol–water partition coefficient (Wildman–Crippen LogP) is 0.794. The van der Waals surface area contributed by atoms with E-state index in [9.17, 15) is 5.11 Å². The predicted molar refractivity (Wildman–Crippen MR) is 35.2 cm³/mol. The minimum Gasteiger partial charge on any atom is -0.388 e. The molecule has 1 aliphatic rings. The van der Waals surface area contributed by atoms with E-state index in [4.69, 9.17) is 4.74 Å². The highest BCUT2D eigenvalue weighted by Gasteiger charge is 2.27. The Kier molecular flexibility index (Phi) is 1.78. The van der Waals surface area contributed by atoms with Crippen molar-refractivity contribution in [2.45, 2.75) is 25.9 Å². The van der Waals surface area contributed by atoms with Gasteiger partial charge in [-0.1, -0.05) is 6.92 Å². The fourth-order valence-corrected chi connectivity index (χ4v) is 1.35. The van der Waals surface area contributed by atoms with Crippen LogP contribution >= 0.6 is 0 Å². The Morgan fingerprint density at radius 3 is 2.67 bits per heavy atom. The summed E-state index contributed by atoms with van der Waals surface area (Å²) in [5.74, 6) is 0.508. The molecule has 1 heterocycles. The van der Waals surface area contributed by atoms with Crippen LogP contribution in [0.5, 0.6) is 0 Å². The lowest BCUT2D eigenvalue weighted by Crippen LogP contribution is -2.38. The molecule has 0 aromatic rings. The number of aliphatic hydroxyl groups is 1. The summed E-state index contributed by atoms with van der Waals surface area (Å²) in [7, 11) is 0. The van der Waals surface area contributed by atoms with Crippen LogP contribution in [0.3, 0.4) is 0 Å². The number of hydrogen-bond acceptors (Lipinski definition) is 2. The number of hydrogen-bond donors (Lipinski definition) is 1. The van der Waals surface area contributed by atoms with E-state index in [0.717, 1.165) is 13.0 Å². The summed E-state index contributed by atoms with van der Waals surface area (Å²) in [4.78, 5) is 0. The lowest BCUT2D eigenvalue weighted by atomic mass is 9.92. The highest BCUT2D eigenvalue weighted by molar-refractivity contribution is 4.78. The lowest BCUT2D eigenvalue weighted by molar-refractivity contribution is -0.0941. The Morgan fingerprint density at radius 2 is 2.33 bits per heavy atom. The summed E-state index contributed by atoms with van der Waals surface area (Å²) in [5, 5.41) is 9.42. The summed E-state index contributed by atoms with van der Waals surface area (Å²) < 4.78 is 5.15. The Bertz CT molecular complexity index is 99.1. The lowest BCUT2D eigenvalue weighted by Gasteiger charge is -2.31. The minimum absolute atomic E-state index is 0.497. The summed E-state index contributed by atoms with van der Waals surface area (Å²) in [5.41, 5.74) is -0.572. The van der Waals surface area contributed by atoms with Gasteiger partial charge in [-0.15, -0.1) is 0 Å². The first-order valence-corrected chi connectivity index (χ1v) is 3.40. The van der Waals surface area contributed by atoms with Crippen LogP contribution in [0.15, 0.2) is 0 Å². The van der Waals surface area contributed by atoms with E-state index in [-0.39, 0.29) is 0 Å². The highest BCUT2D eigenvalue weighted by Crippen LogP contribution is 2.21. The van der Waals surface area contributed by atoms with Crippen molar-refractivity contribution in [3.8, 4) is 0 Å². The van der Waals surface area contributed by atoms with Gasteiger partial charge in [-0.05, 0) is 19.3 Å². The molecular weight excluding hydrogens is 116 g/mol. The molecule has 0 aromatic carbocycles. The average Bonchev–Trinajstić information content (AvgIpc) is 1.60. The zero-order chi connectivity index (χ0) is 6.91. The molecule has 0 bridgehead atoms. The standard InChI is InChI=1S/C7H14O2/c1-6-3-7(2,8)5-9-4-6/h6,8H,3-5H2,1-2H3/t6-,7?/m0/s1. The molecule has 0 aromatic heterocycles. The third-order valence-electron chi connectivity index (χ3n) is 1.60. The molecule has 2 nitrogen and oxygen atoms in total. The van der Waals surface area contributed by atoms with E-state index in [0.29, 0.717) is 12.5 Å². The van der Waals surface area contributed by atoms with Gasteiger partial charge in [0.15, 0.2) is 0 Å². The van der Waals surface area contributed by atoms with Gasteiger partial charge in [0.1, 0.15) is 0 Å². The van der Waals surface area contributed by atoms with Crippen LogP contribution in [0.2, 0.25) is 0 Å². The van der Waals surface area contributed by atoms with E-state index >= 15 is 0 Å². The molecule has 2 heteroatoms. The topological polar surface area (TPSA) is 29.5 Å². The van der Waals surface area contributed by atoms with Crippen LogP contribution in [0.1, 0.15) is 20.3 Å². The van der Waals surface area contributed by atoms with Crippen molar-refractivity contribution < 1.29 is 9.84 Å². The van der Waals surface area contributed by atoms with E-state index in [1.807, 2.05) is 6.92 Å². The Labute approximate surface area is 55.8 Å². The van der Waals surface area contributed by atoms with Crippen LogP contribution in [0, 0.1) is 5.92 Å². The maximum atomic E-state index is 9.42. The van der Waals surface area contributed by atoms with E-state index in [2.05, 4.69) is 6.92 Å². The molecule has 54 valence electrons. The molecule has 1 saturated heterocycles. The van der Waals surface area contributed by atoms with Gasteiger partial charge in [-0.2, -0.15) is 0 Å². The van der Waals surface area contributed by atoms with E-state index in [1.165, 1.54) is 0 Å². The molecule has 0 saturated carbocycles. The molecule has 1 fully saturated rings. The van der Waals surface area contributed by atoms with Gasteiger partial charge < -0.3 is 9.84 Å². The summed E-state index contributed by atoms with van der Waals surface area (Å²) in [6, 6.07) is 0. The second kappa shape index (κ2) is 2.27. The van der Waals surface area contributed by atoms with Crippen molar-refractivity contribution in [2.24, 2.45) is 5.92 Å². The third kappa shape index (κ3) is 1.95. The van der Waals surface area contributed by atoms with Crippen molar-refractivity contribution >= 4 is 0 Å². The molecule has 9 heavy (non-hydrogen) atoms. The van der Waals surface area contributed by atoms with Gasteiger partial charge in [0.2, 0.25) is 0 Å².